The maximum Gasteiger partial charge on any atom is 0.182 e. The van der Waals surface area contributed by atoms with Crippen LogP contribution in [0.4, 0.5) is 4.39 Å². The molecule has 0 aliphatic carbocycles. The van der Waals surface area contributed by atoms with Crippen LogP contribution in [0.25, 0.3) is 16.7 Å². The van der Waals surface area contributed by atoms with Crippen molar-refractivity contribution in [1.82, 2.24) is 9.55 Å². The maximum absolute atomic E-state index is 13.8. The molecule has 0 bridgehead atoms. The number of aromatic amines is 1. The summed E-state index contributed by atoms with van der Waals surface area (Å²) in [4.78, 5) is 3.12. The van der Waals surface area contributed by atoms with Crippen LogP contribution in [0.1, 0.15) is 11.1 Å². The zero-order chi connectivity index (χ0) is 14.4. The summed E-state index contributed by atoms with van der Waals surface area (Å²) in [5.41, 5.74) is 4.83. The van der Waals surface area contributed by atoms with E-state index in [1.165, 1.54) is 11.6 Å². The molecule has 0 saturated heterocycles. The Balaban J connectivity index is 2.42. The predicted molar refractivity (Wildman–Crippen MR) is 85.6 cm³/mol. The minimum absolute atomic E-state index is 0.300. The number of aromatic nitrogens is 2. The maximum atomic E-state index is 13.8. The molecule has 0 fully saturated rings. The molecule has 1 aromatic heterocycles. The van der Waals surface area contributed by atoms with Gasteiger partial charge < -0.3 is 4.98 Å². The first-order valence-corrected chi connectivity index (χ1v) is 7.35. The van der Waals surface area contributed by atoms with E-state index in [1.807, 2.05) is 23.6 Å². The summed E-state index contributed by atoms with van der Waals surface area (Å²) in [6, 6.07) is 9.23. The van der Waals surface area contributed by atoms with Gasteiger partial charge in [0, 0.05) is 6.07 Å². The van der Waals surface area contributed by atoms with Crippen LogP contribution in [0, 0.1) is 24.4 Å². The summed E-state index contributed by atoms with van der Waals surface area (Å²) in [6.45, 7) is 4.09. The largest absolute Gasteiger partial charge is 0.330 e. The van der Waals surface area contributed by atoms with Gasteiger partial charge in [0.25, 0.3) is 0 Å². The third-order valence-electron chi connectivity index (χ3n) is 3.54. The van der Waals surface area contributed by atoms with Gasteiger partial charge in [0.2, 0.25) is 0 Å². The number of nitrogens with one attached hydrogen (secondary N) is 1. The van der Waals surface area contributed by atoms with Crippen molar-refractivity contribution >= 4 is 39.2 Å². The van der Waals surface area contributed by atoms with E-state index in [2.05, 4.69) is 33.9 Å². The van der Waals surface area contributed by atoms with E-state index in [0.29, 0.717) is 9.24 Å². The number of fused-ring (bicyclic) bond motifs is 1. The molecule has 1 N–H and O–H groups in total. The lowest BCUT2D eigenvalue weighted by atomic mass is 10.1. The van der Waals surface area contributed by atoms with Crippen LogP contribution in [-0.4, -0.2) is 9.55 Å². The second-order valence-corrected chi connectivity index (χ2v) is 6.01. The second kappa shape index (κ2) is 4.82. The Hall–Kier alpha value is -1.46. The molecule has 102 valence electrons. The molecule has 2 nitrogen and oxygen atoms in total. The van der Waals surface area contributed by atoms with Crippen molar-refractivity contribution in [3.63, 3.8) is 0 Å². The molecule has 2 aromatic carbocycles. The van der Waals surface area contributed by atoms with Gasteiger partial charge in [-0.2, -0.15) is 0 Å². The first-order chi connectivity index (χ1) is 9.49. The molecule has 0 aliphatic heterocycles. The molecule has 20 heavy (non-hydrogen) atoms. The van der Waals surface area contributed by atoms with E-state index in [1.54, 1.807) is 6.07 Å². The lowest BCUT2D eigenvalue weighted by Gasteiger charge is -2.10. The van der Waals surface area contributed by atoms with Gasteiger partial charge in [-0.15, -0.1) is 0 Å². The van der Waals surface area contributed by atoms with Gasteiger partial charge in [-0.05, 0) is 65.3 Å². The van der Waals surface area contributed by atoms with E-state index in [0.717, 1.165) is 22.3 Å². The molecule has 3 rings (SSSR count). The highest BCUT2D eigenvalue weighted by Crippen LogP contribution is 2.27. The monoisotopic (exact) mass is 350 g/mol. The Morgan fingerprint density at radius 3 is 2.75 bits per heavy atom. The molecule has 5 heteroatoms. The van der Waals surface area contributed by atoms with Crippen molar-refractivity contribution in [3.05, 3.63) is 56.5 Å². The number of benzene rings is 2. The number of hydrogen-bond acceptors (Lipinski definition) is 1. The predicted octanol–water partition coefficient (Wildman–Crippen LogP) is 5.21. The molecular weight excluding hydrogens is 339 g/mol. The molecule has 3 aromatic rings. The topological polar surface area (TPSA) is 20.7 Å². The molecule has 0 unspecified atom stereocenters. The van der Waals surface area contributed by atoms with E-state index in [4.69, 9.17) is 12.2 Å². The van der Waals surface area contributed by atoms with Gasteiger partial charge in [-0.25, -0.2) is 4.39 Å². The SMILES string of the molecule is Cc1cccc(-n2c(=S)[nH]c3cc(Br)c(F)cc32)c1C. The lowest BCUT2D eigenvalue weighted by molar-refractivity contribution is 0.622. The second-order valence-electron chi connectivity index (χ2n) is 4.77. The molecule has 0 amide bonds. The summed E-state index contributed by atoms with van der Waals surface area (Å²) in [5, 5.41) is 0. The van der Waals surface area contributed by atoms with Gasteiger partial charge in [-0.1, -0.05) is 12.1 Å². The minimum atomic E-state index is -0.300. The minimum Gasteiger partial charge on any atom is -0.330 e. The number of halogens is 2. The van der Waals surface area contributed by atoms with Gasteiger partial charge >= 0.3 is 0 Å². The van der Waals surface area contributed by atoms with Crippen molar-refractivity contribution in [3.8, 4) is 5.69 Å². The molecule has 1 heterocycles. The summed E-state index contributed by atoms with van der Waals surface area (Å²) >= 11 is 8.59. The summed E-state index contributed by atoms with van der Waals surface area (Å²) < 4.78 is 16.7. The third kappa shape index (κ3) is 2.01. The van der Waals surface area contributed by atoms with Crippen molar-refractivity contribution in [2.75, 3.05) is 0 Å². The van der Waals surface area contributed by atoms with Crippen LogP contribution in [-0.2, 0) is 0 Å². The van der Waals surface area contributed by atoms with E-state index >= 15 is 0 Å². The van der Waals surface area contributed by atoms with Crippen molar-refractivity contribution in [2.24, 2.45) is 0 Å². The van der Waals surface area contributed by atoms with Crippen molar-refractivity contribution in [1.29, 1.82) is 0 Å². The normalized spacial score (nSPS) is 11.2. The van der Waals surface area contributed by atoms with E-state index < -0.39 is 0 Å². The average molecular weight is 351 g/mol. The van der Waals surface area contributed by atoms with E-state index in [9.17, 15) is 4.39 Å². The van der Waals surface area contributed by atoms with Crippen LogP contribution in [0.5, 0.6) is 0 Å². The zero-order valence-corrected chi connectivity index (χ0v) is 13.4. The standard InChI is InChI=1S/C15H12BrFN2S/c1-8-4-3-5-13(9(8)2)19-14-7-11(17)10(16)6-12(14)18-15(19)20/h3-7H,1-2H3,(H,18,20). The molecule has 0 atom stereocenters. The van der Waals surface area contributed by atoms with Gasteiger partial charge in [0.15, 0.2) is 4.77 Å². The lowest BCUT2D eigenvalue weighted by Crippen LogP contribution is -1.98. The molecule has 0 spiro atoms. The Labute approximate surface area is 129 Å². The quantitative estimate of drug-likeness (QED) is 0.597. The van der Waals surface area contributed by atoms with Crippen LogP contribution >= 0.6 is 28.1 Å². The Morgan fingerprint density at radius 2 is 2.00 bits per heavy atom. The highest BCUT2D eigenvalue weighted by atomic mass is 79.9. The first-order valence-electron chi connectivity index (χ1n) is 6.15. The highest BCUT2D eigenvalue weighted by Gasteiger charge is 2.12. The number of imidazole rings is 1. The number of nitrogens with zero attached hydrogens (tertiary/aromatic N) is 1. The van der Waals surface area contributed by atoms with Crippen LogP contribution in [0.3, 0.4) is 0 Å². The fraction of sp³-hybridized carbons (Fsp3) is 0.133. The van der Waals surface area contributed by atoms with Crippen molar-refractivity contribution in [2.45, 2.75) is 13.8 Å². The molecular formula is C15H12BrFN2S. The fourth-order valence-corrected chi connectivity index (χ4v) is 2.97. The highest BCUT2D eigenvalue weighted by molar-refractivity contribution is 9.10. The number of aryl methyl sites for hydroxylation is 1. The van der Waals surface area contributed by atoms with Gasteiger partial charge in [0.05, 0.1) is 21.2 Å². The Morgan fingerprint density at radius 1 is 1.25 bits per heavy atom. The summed E-state index contributed by atoms with van der Waals surface area (Å²) in [6.07, 6.45) is 0. The molecule has 0 saturated carbocycles. The van der Waals surface area contributed by atoms with Crippen molar-refractivity contribution < 1.29 is 4.39 Å². The van der Waals surface area contributed by atoms with Crippen LogP contribution in [0.2, 0.25) is 0 Å². The fourth-order valence-electron chi connectivity index (χ4n) is 2.32. The number of H-pyrrole nitrogens is 1. The molecule has 0 radical (unpaired) electrons. The van der Waals surface area contributed by atoms with Gasteiger partial charge in [0.1, 0.15) is 5.82 Å². The van der Waals surface area contributed by atoms with E-state index in [-0.39, 0.29) is 5.82 Å². The zero-order valence-electron chi connectivity index (χ0n) is 11.0. The van der Waals surface area contributed by atoms with Crippen LogP contribution in [0.15, 0.2) is 34.8 Å². The molecule has 0 aliphatic rings. The first kappa shape index (κ1) is 13.5. The summed E-state index contributed by atoms with van der Waals surface area (Å²) in [5.74, 6) is -0.300. The Kier molecular flexibility index (Phi) is 3.26. The van der Waals surface area contributed by atoms with Gasteiger partial charge in [-0.3, -0.25) is 4.57 Å². The number of hydrogen-bond donors (Lipinski definition) is 1. The smallest absolute Gasteiger partial charge is 0.182 e. The van der Waals surface area contributed by atoms with Crippen LogP contribution < -0.4 is 0 Å². The third-order valence-corrected chi connectivity index (χ3v) is 4.43. The summed E-state index contributed by atoms with van der Waals surface area (Å²) in [7, 11) is 0. The Bertz CT molecular complexity index is 879. The average Bonchev–Trinajstić information content (AvgIpc) is 2.69. The number of rotatable bonds is 1.